The van der Waals surface area contributed by atoms with Crippen LogP contribution in [0.15, 0.2) is 95.4 Å². The van der Waals surface area contributed by atoms with E-state index in [0.717, 1.165) is 44.2 Å². The maximum Gasteiger partial charge on any atom is 0.408 e. The molecule has 0 aliphatic heterocycles. The number of ether oxygens (including phenoxy) is 1. The third-order valence-corrected chi connectivity index (χ3v) is 8.30. The quantitative estimate of drug-likeness (QED) is 0.205. The Morgan fingerprint density at radius 2 is 1.43 bits per heavy atom. The van der Waals surface area contributed by atoms with Crippen molar-refractivity contribution in [3.63, 3.8) is 0 Å². The molecule has 0 aliphatic rings. The van der Waals surface area contributed by atoms with Crippen LogP contribution >= 0.6 is 0 Å². The topological polar surface area (TPSA) is 123 Å². The number of hydrogen-bond acceptors (Lipinski definition) is 6. The van der Waals surface area contributed by atoms with E-state index in [1.54, 1.807) is 32.9 Å². The zero-order valence-corrected chi connectivity index (χ0v) is 24.3. The fraction of sp³-hybridized carbons (Fsp3) is 0.212. The molecule has 1 unspecified atom stereocenters. The van der Waals surface area contributed by atoms with Crippen molar-refractivity contribution < 1.29 is 32.3 Å². The standard InChI is InChI=1S/C33H31NO7S/c1-33(2,3)41-32(37)34-28(31(35)36)20-42(38,39)19-21-11-13-22(14-12-21)23-15-17-24(18-16-23)25-8-6-9-27-26-7-4-5-10-29(26)40-30(25)27/h4-18,28H,19-20H2,1-3H3,(H,34,37)(H,35,36). The number of benzene rings is 4. The summed E-state index contributed by atoms with van der Waals surface area (Å²) in [5, 5.41) is 13.7. The third-order valence-electron chi connectivity index (χ3n) is 6.68. The average molecular weight is 586 g/mol. The molecule has 8 nitrogen and oxygen atoms in total. The van der Waals surface area contributed by atoms with Crippen LogP contribution in [0.25, 0.3) is 44.2 Å². The molecule has 4 aromatic carbocycles. The molecule has 5 aromatic rings. The zero-order chi connectivity index (χ0) is 30.1. The van der Waals surface area contributed by atoms with Gasteiger partial charge in [0.1, 0.15) is 22.8 Å². The van der Waals surface area contributed by atoms with Gasteiger partial charge in [-0.3, -0.25) is 0 Å². The highest BCUT2D eigenvalue weighted by Gasteiger charge is 2.29. The van der Waals surface area contributed by atoms with Gasteiger partial charge >= 0.3 is 12.1 Å². The Morgan fingerprint density at radius 1 is 0.833 bits per heavy atom. The Bertz CT molecular complexity index is 1870. The van der Waals surface area contributed by atoms with Gasteiger partial charge in [0.15, 0.2) is 9.84 Å². The van der Waals surface area contributed by atoms with Gasteiger partial charge < -0.3 is 19.6 Å². The Morgan fingerprint density at radius 3 is 2.07 bits per heavy atom. The van der Waals surface area contributed by atoms with E-state index in [9.17, 15) is 23.1 Å². The molecule has 1 amide bonds. The number of alkyl carbamates (subject to hydrolysis) is 1. The number of carbonyl (C=O) groups is 2. The SMILES string of the molecule is CC(C)(C)OC(=O)NC(CS(=O)(=O)Cc1ccc(-c2ccc(-c3cccc4c3oc3ccccc34)cc2)cc1)C(=O)O. The maximum absolute atomic E-state index is 12.8. The lowest BCUT2D eigenvalue weighted by Crippen LogP contribution is -2.47. The molecule has 42 heavy (non-hydrogen) atoms. The summed E-state index contributed by atoms with van der Waals surface area (Å²) in [4.78, 5) is 23.6. The smallest absolute Gasteiger partial charge is 0.408 e. The molecule has 216 valence electrons. The molecule has 0 radical (unpaired) electrons. The number of carboxylic acids is 1. The Hall–Kier alpha value is -4.63. The first-order chi connectivity index (χ1) is 19.9. The summed E-state index contributed by atoms with van der Waals surface area (Å²) in [6, 6.07) is 27.6. The molecule has 1 aromatic heterocycles. The number of sulfone groups is 1. The first-order valence-electron chi connectivity index (χ1n) is 13.4. The van der Waals surface area contributed by atoms with Gasteiger partial charge in [-0.1, -0.05) is 84.9 Å². The van der Waals surface area contributed by atoms with Gasteiger partial charge in [-0.15, -0.1) is 0 Å². The van der Waals surface area contributed by atoms with E-state index >= 15 is 0 Å². The van der Waals surface area contributed by atoms with Crippen molar-refractivity contribution in [2.75, 3.05) is 5.75 Å². The zero-order valence-electron chi connectivity index (χ0n) is 23.5. The minimum Gasteiger partial charge on any atom is -0.480 e. The minimum atomic E-state index is -3.87. The molecule has 0 spiro atoms. The second-order valence-electron chi connectivity index (χ2n) is 11.1. The summed E-state index contributed by atoms with van der Waals surface area (Å²) in [5.74, 6) is -2.59. The molecule has 5 rings (SSSR count). The summed E-state index contributed by atoms with van der Waals surface area (Å²) in [7, 11) is -3.87. The van der Waals surface area contributed by atoms with Crippen LogP contribution in [0, 0.1) is 0 Å². The normalized spacial score (nSPS) is 12.7. The van der Waals surface area contributed by atoms with E-state index in [2.05, 4.69) is 11.4 Å². The van der Waals surface area contributed by atoms with E-state index in [1.807, 2.05) is 72.8 Å². The number of fused-ring (bicyclic) bond motifs is 3. The average Bonchev–Trinajstić information content (AvgIpc) is 3.31. The second kappa shape index (κ2) is 11.3. The molecule has 2 N–H and O–H groups in total. The maximum atomic E-state index is 12.8. The molecular weight excluding hydrogens is 554 g/mol. The van der Waals surface area contributed by atoms with Crippen LogP contribution in [0.4, 0.5) is 4.79 Å². The number of furan rings is 1. The predicted octanol–water partition coefficient (Wildman–Crippen LogP) is 6.81. The predicted molar refractivity (Wildman–Crippen MR) is 163 cm³/mol. The van der Waals surface area contributed by atoms with E-state index in [-0.39, 0.29) is 5.75 Å². The summed E-state index contributed by atoms with van der Waals surface area (Å²) < 4.78 is 36.8. The van der Waals surface area contributed by atoms with Gasteiger partial charge in [0.05, 0.1) is 11.5 Å². The van der Waals surface area contributed by atoms with Gasteiger partial charge in [0, 0.05) is 16.3 Å². The number of carbonyl (C=O) groups excluding carboxylic acids is 1. The largest absolute Gasteiger partial charge is 0.480 e. The second-order valence-corrected chi connectivity index (χ2v) is 13.3. The van der Waals surface area contributed by atoms with Crippen LogP contribution in [-0.2, 0) is 25.1 Å². The van der Waals surface area contributed by atoms with E-state index in [4.69, 9.17) is 9.15 Å². The molecule has 9 heteroatoms. The summed E-state index contributed by atoms with van der Waals surface area (Å²) >= 11 is 0. The van der Waals surface area contributed by atoms with Crippen LogP contribution < -0.4 is 5.32 Å². The summed E-state index contributed by atoms with van der Waals surface area (Å²) in [5.41, 5.74) is 5.21. The molecule has 0 bridgehead atoms. The van der Waals surface area contributed by atoms with E-state index in [0.29, 0.717) is 5.56 Å². The van der Waals surface area contributed by atoms with E-state index in [1.165, 1.54) is 0 Å². The van der Waals surface area contributed by atoms with Crippen molar-refractivity contribution in [2.45, 2.75) is 38.2 Å². The highest BCUT2D eigenvalue weighted by Crippen LogP contribution is 2.36. The number of hydrogen-bond donors (Lipinski definition) is 2. The first kappa shape index (κ1) is 28.9. The van der Waals surface area contributed by atoms with Gasteiger partial charge in [-0.25, -0.2) is 18.0 Å². The summed E-state index contributed by atoms with van der Waals surface area (Å²) in [6.45, 7) is 4.87. The lowest BCUT2D eigenvalue weighted by atomic mass is 9.98. The molecule has 0 saturated heterocycles. The lowest BCUT2D eigenvalue weighted by molar-refractivity contribution is -0.138. The monoisotopic (exact) mass is 585 g/mol. The minimum absolute atomic E-state index is 0.368. The van der Waals surface area contributed by atoms with Crippen molar-refractivity contribution in [1.29, 1.82) is 0 Å². The lowest BCUT2D eigenvalue weighted by Gasteiger charge is -2.22. The van der Waals surface area contributed by atoms with Gasteiger partial charge in [0.25, 0.3) is 0 Å². The number of para-hydroxylation sites is 2. The number of carboxylic acid groups (broad SMARTS) is 1. The van der Waals surface area contributed by atoms with Crippen molar-refractivity contribution >= 4 is 43.8 Å². The number of aliphatic carboxylic acids is 1. The first-order valence-corrected chi connectivity index (χ1v) is 15.2. The van der Waals surface area contributed by atoms with Crippen molar-refractivity contribution in [3.8, 4) is 22.3 Å². The highest BCUT2D eigenvalue weighted by atomic mass is 32.2. The van der Waals surface area contributed by atoms with Crippen LogP contribution in [0.3, 0.4) is 0 Å². The number of rotatable bonds is 8. The Balaban J connectivity index is 1.28. The molecule has 0 aliphatic carbocycles. The van der Waals surface area contributed by atoms with Gasteiger partial charge in [-0.05, 0) is 49.1 Å². The Labute approximate surface area is 243 Å². The van der Waals surface area contributed by atoms with Crippen LogP contribution in [0.1, 0.15) is 26.3 Å². The van der Waals surface area contributed by atoms with Gasteiger partial charge in [-0.2, -0.15) is 0 Å². The number of amides is 1. The fourth-order valence-corrected chi connectivity index (χ4v) is 6.35. The highest BCUT2D eigenvalue weighted by molar-refractivity contribution is 7.90. The summed E-state index contributed by atoms with van der Waals surface area (Å²) in [6.07, 6.45) is -0.991. The molecule has 1 heterocycles. The molecular formula is C33H31NO7S. The molecule has 0 fully saturated rings. The van der Waals surface area contributed by atoms with Crippen LogP contribution in [0.5, 0.6) is 0 Å². The van der Waals surface area contributed by atoms with Crippen molar-refractivity contribution in [1.82, 2.24) is 5.32 Å². The molecule has 1 atom stereocenters. The van der Waals surface area contributed by atoms with E-state index < -0.39 is 39.3 Å². The third kappa shape index (κ3) is 6.63. The van der Waals surface area contributed by atoms with Crippen molar-refractivity contribution in [3.05, 3.63) is 96.6 Å². The van der Waals surface area contributed by atoms with Crippen molar-refractivity contribution in [2.24, 2.45) is 0 Å². The van der Waals surface area contributed by atoms with Gasteiger partial charge in [0.2, 0.25) is 0 Å². The van der Waals surface area contributed by atoms with Crippen LogP contribution in [0.2, 0.25) is 0 Å². The number of nitrogens with one attached hydrogen (secondary N) is 1. The molecule has 0 saturated carbocycles. The van der Waals surface area contributed by atoms with Crippen LogP contribution in [-0.4, -0.2) is 43.0 Å². The Kier molecular flexibility index (Phi) is 7.79. The fourth-order valence-electron chi connectivity index (χ4n) is 4.80.